The Balaban J connectivity index is 3.26. The SMILES string of the molecule is CC(N(C)c1cccc(Cl)c1[N+](=O)[O-])C(C)(C)C. The molecule has 1 aromatic carbocycles. The minimum atomic E-state index is -0.427. The van der Waals surface area contributed by atoms with Gasteiger partial charge in [-0.2, -0.15) is 0 Å². The third kappa shape index (κ3) is 2.93. The fourth-order valence-electron chi connectivity index (χ4n) is 1.76. The van der Waals surface area contributed by atoms with Gasteiger partial charge in [-0.25, -0.2) is 0 Å². The lowest BCUT2D eigenvalue weighted by atomic mass is 9.87. The number of rotatable bonds is 3. The van der Waals surface area contributed by atoms with Crippen LogP contribution in [0.15, 0.2) is 18.2 Å². The average molecular weight is 271 g/mol. The molecule has 0 aliphatic rings. The molecule has 1 atom stereocenters. The van der Waals surface area contributed by atoms with Gasteiger partial charge in [-0.3, -0.25) is 10.1 Å². The van der Waals surface area contributed by atoms with E-state index in [1.807, 2.05) is 18.9 Å². The van der Waals surface area contributed by atoms with E-state index < -0.39 is 4.92 Å². The molecule has 1 aromatic rings. The second-order valence-electron chi connectivity index (χ2n) is 5.52. The predicted octanol–water partition coefficient (Wildman–Crippen LogP) is 4.12. The molecule has 0 amide bonds. The summed E-state index contributed by atoms with van der Waals surface area (Å²) in [6.45, 7) is 8.35. The van der Waals surface area contributed by atoms with E-state index in [9.17, 15) is 10.1 Å². The molecule has 0 N–H and O–H groups in total. The molecule has 4 nitrogen and oxygen atoms in total. The molecule has 0 saturated heterocycles. The van der Waals surface area contributed by atoms with Crippen molar-refractivity contribution < 1.29 is 4.92 Å². The van der Waals surface area contributed by atoms with Crippen LogP contribution in [0.5, 0.6) is 0 Å². The van der Waals surface area contributed by atoms with Crippen LogP contribution in [0.2, 0.25) is 5.02 Å². The van der Waals surface area contributed by atoms with Crippen molar-refractivity contribution in [3.63, 3.8) is 0 Å². The molecule has 0 fully saturated rings. The molecule has 0 spiro atoms. The number of hydrogen-bond acceptors (Lipinski definition) is 3. The van der Waals surface area contributed by atoms with E-state index in [4.69, 9.17) is 11.6 Å². The number of halogens is 1. The van der Waals surface area contributed by atoms with E-state index in [1.165, 1.54) is 0 Å². The van der Waals surface area contributed by atoms with E-state index in [2.05, 4.69) is 20.8 Å². The number of nitro groups is 1. The Hall–Kier alpha value is -1.29. The molecule has 0 aliphatic heterocycles. The first-order valence-corrected chi connectivity index (χ1v) is 6.19. The summed E-state index contributed by atoms with van der Waals surface area (Å²) in [5.74, 6) is 0. The van der Waals surface area contributed by atoms with Crippen molar-refractivity contribution in [1.82, 2.24) is 0 Å². The van der Waals surface area contributed by atoms with Crippen molar-refractivity contribution in [3.05, 3.63) is 33.3 Å². The van der Waals surface area contributed by atoms with E-state index in [1.54, 1.807) is 18.2 Å². The summed E-state index contributed by atoms with van der Waals surface area (Å²) in [7, 11) is 1.86. The number of benzene rings is 1. The van der Waals surface area contributed by atoms with E-state index in [0.29, 0.717) is 5.69 Å². The summed E-state index contributed by atoms with van der Waals surface area (Å²) in [5, 5.41) is 11.3. The standard InChI is InChI=1S/C13H19ClN2O2/c1-9(13(2,3)4)15(5)11-8-6-7-10(14)12(11)16(17)18/h6-9H,1-5H3. The smallest absolute Gasteiger partial charge is 0.310 e. The Labute approximate surface area is 113 Å². The van der Waals surface area contributed by atoms with Crippen molar-refractivity contribution in [3.8, 4) is 0 Å². The second kappa shape index (κ2) is 5.14. The maximum absolute atomic E-state index is 11.1. The number of anilines is 1. The van der Waals surface area contributed by atoms with Gasteiger partial charge in [0.25, 0.3) is 0 Å². The highest BCUT2D eigenvalue weighted by Crippen LogP contribution is 2.37. The summed E-state index contributed by atoms with van der Waals surface area (Å²) in [6.07, 6.45) is 0. The zero-order chi connectivity index (χ0) is 14.1. The van der Waals surface area contributed by atoms with Gasteiger partial charge in [-0.1, -0.05) is 38.4 Å². The number of para-hydroxylation sites is 1. The Morgan fingerprint density at radius 3 is 2.39 bits per heavy atom. The summed E-state index contributed by atoms with van der Waals surface area (Å²) in [4.78, 5) is 12.6. The summed E-state index contributed by atoms with van der Waals surface area (Å²) in [5.41, 5.74) is 0.540. The molecule has 100 valence electrons. The molecule has 0 bridgehead atoms. The number of hydrogen-bond donors (Lipinski definition) is 0. The predicted molar refractivity (Wildman–Crippen MR) is 75.4 cm³/mol. The average Bonchev–Trinajstić information content (AvgIpc) is 2.24. The first-order chi connectivity index (χ1) is 8.16. The highest BCUT2D eigenvalue weighted by atomic mass is 35.5. The number of nitrogens with zero attached hydrogens (tertiary/aromatic N) is 2. The highest BCUT2D eigenvalue weighted by Gasteiger charge is 2.29. The third-order valence-corrected chi connectivity index (χ3v) is 3.67. The summed E-state index contributed by atoms with van der Waals surface area (Å²) < 4.78 is 0. The molecule has 0 radical (unpaired) electrons. The van der Waals surface area contributed by atoms with Crippen molar-refractivity contribution in [2.24, 2.45) is 5.41 Å². The van der Waals surface area contributed by atoms with Crippen molar-refractivity contribution in [1.29, 1.82) is 0 Å². The van der Waals surface area contributed by atoms with Crippen molar-refractivity contribution in [2.45, 2.75) is 33.7 Å². The lowest BCUT2D eigenvalue weighted by molar-refractivity contribution is -0.384. The molecule has 0 heterocycles. The molecule has 1 unspecified atom stereocenters. The van der Waals surface area contributed by atoms with Crippen LogP contribution in [0.1, 0.15) is 27.7 Å². The molecule has 0 aromatic heterocycles. The van der Waals surface area contributed by atoms with E-state index in [-0.39, 0.29) is 22.2 Å². The van der Waals surface area contributed by atoms with Crippen LogP contribution in [0, 0.1) is 15.5 Å². The van der Waals surface area contributed by atoms with Gasteiger partial charge in [-0.05, 0) is 24.5 Å². The monoisotopic (exact) mass is 270 g/mol. The van der Waals surface area contributed by atoms with Gasteiger partial charge in [0.05, 0.1) is 4.92 Å². The Morgan fingerprint density at radius 2 is 1.94 bits per heavy atom. The van der Waals surface area contributed by atoms with Gasteiger partial charge in [-0.15, -0.1) is 0 Å². The Bertz CT molecular complexity index is 455. The fourth-order valence-corrected chi connectivity index (χ4v) is 2.00. The summed E-state index contributed by atoms with van der Waals surface area (Å²) in [6, 6.07) is 5.15. The van der Waals surface area contributed by atoms with E-state index >= 15 is 0 Å². The highest BCUT2D eigenvalue weighted by molar-refractivity contribution is 6.33. The topological polar surface area (TPSA) is 46.4 Å². The maximum Gasteiger partial charge on any atom is 0.310 e. The van der Waals surface area contributed by atoms with Gasteiger partial charge in [0.1, 0.15) is 10.7 Å². The van der Waals surface area contributed by atoms with Gasteiger partial charge in [0, 0.05) is 13.1 Å². The molecule has 18 heavy (non-hydrogen) atoms. The van der Waals surface area contributed by atoms with Crippen LogP contribution in [-0.4, -0.2) is 18.0 Å². The molecule has 0 aliphatic carbocycles. The van der Waals surface area contributed by atoms with Gasteiger partial charge in [0.15, 0.2) is 0 Å². The van der Waals surface area contributed by atoms with Gasteiger partial charge >= 0.3 is 5.69 Å². The minimum Gasteiger partial charge on any atom is -0.366 e. The summed E-state index contributed by atoms with van der Waals surface area (Å²) >= 11 is 5.92. The fraction of sp³-hybridized carbons (Fsp3) is 0.538. The van der Waals surface area contributed by atoms with Crippen LogP contribution < -0.4 is 4.90 Å². The maximum atomic E-state index is 11.1. The van der Waals surface area contributed by atoms with Crippen LogP contribution in [-0.2, 0) is 0 Å². The molecule has 1 rings (SSSR count). The molecular weight excluding hydrogens is 252 g/mol. The second-order valence-corrected chi connectivity index (χ2v) is 5.92. The first-order valence-electron chi connectivity index (χ1n) is 5.82. The molecule has 0 saturated carbocycles. The first kappa shape index (κ1) is 14.8. The van der Waals surface area contributed by atoms with Crippen LogP contribution in [0.4, 0.5) is 11.4 Å². The van der Waals surface area contributed by atoms with Crippen molar-refractivity contribution in [2.75, 3.05) is 11.9 Å². The van der Waals surface area contributed by atoms with Gasteiger partial charge < -0.3 is 4.90 Å². The zero-order valence-electron chi connectivity index (χ0n) is 11.4. The Kier molecular flexibility index (Phi) is 4.22. The Morgan fingerprint density at radius 1 is 1.39 bits per heavy atom. The third-order valence-electron chi connectivity index (χ3n) is 3.36. The lowest BCUT2D eigenvalue weighted by Gasteiger charge is -2.36. The largest absolute Gasteiger partial charge is 0.366 e. The van der Waals surface area contributed by atoms with Crippen molar-refractivity contribution >= 4 is 23.0 Å². The van der Waals surface area contributed by atoms with E-state index in [0.717, 1.165) is 0 Å². The molecular formula is C13H19ClN2O2. The number of nitro benzene ring substituents is 1. The van der Waals surface area contributed by atoms with Crippen LogP contribution in [0.3, 0.4) is 0 Å². The van der Waals surface area contributed by atoms with Crippen LogP contribution in [0.25, 0.3) is 0 Å². The quantitative estimate of drug-likeness (QED) is 0.613. The molecule has 5 heteroatoms. The normalized spacial score (nSPS) is 13.2. The minimum absolute atomic E-state index is 0.0188. The van der Waals surface area contributed by atoms with Gasteiger partial charge in [0.2, 0.25) is 0 Å². The lowest BCUT2D eigenvalue weighted by Crippen LogP contribution is -2.39. The zero-order valence-corrected chi connectivity index (χ0v) is 12.2. The van der Waals surface area contributed by atoms with Crippen LogP contribution >= 0.6 is 11.6 Å².